The van der Waals surface area contributed by atoms with Gasteiger partial charge in [-0.2, -0.15) is 26.3 Å². The Morgan fingerprint density at radius 3 is 2.25 bits per heavy atom. The number of unbranched alkanes of at least 4 members (excludes halogenated alkanes) is 1. The molecule has 17 heteroatoms. The number of likely N-dealkylation sites (tertiary alicyclic amines) is 1. The quantitative estimate of drug-likeness (QED) is 0.138. The van der Waals surface area contributed by atoms with E-state index in [1.165, 1.54) is 23.0 Å². The van der Waals surface area contributed by atoms with E-state index in [1.54, 1.807) is 30.1 Å². The number of hydrogen-bond donors (Lipinski definition) is 1. The number of fused-ring (bicyclic) bond motifs is 2. The zero-order valence-electron chi connectivity index (χ0n) is 33.4. The van der Waals surface area contributed by atoms with Gasteiger partial charge in [-0.25, -0.2) is 0 Å². The van der Waals surface area contributed by atoms with Crippen LogP contribution in [0.4, 0.5) is 26.3 Å². The molecule has 60 heavy (non-hydrogen) atoms. The van der Waals surface area contributed by atoms with E-state index >= 15 is 0 Å². The van der Waals surface area contributed by atoms with E-state index in [0.717, 1.165) is 25.7 Å². The highest BCUT2D eigenvalue weighted by molar-refractivity contribution is 6.42. The lowest BCUT2D eigenvalue weighted by Crippen LogP contribution is -2.54. The summed E-state index contributed by atoms with van der Waals surface area (Å²) in [6.07, 6.45) is -6.55. The van der Waals surface area contributed by atoms with Gasteiger partial charge in [0.05, 0.1) is 40.4 Å². The average molecular weight is 886 g/mol. The molecular formula is C43H48Cl2F6N4O5. The number of halogens is 8. The number of ether oxygens (including phenoxy) is 2. The zero-order valence-corrected chi connectivity index (χ0v) is 34.9. The van der Waals surface area contributed by atoms with Crippen molar-refractivity contribution in [3.05, 3.63) is 104 Å². The predicted octanol–water partition coefficient (Wildman–Crippen LogP) is 8.14. The molecule has 2 fully saturated rings. The number of piperidine rings is 1. The molecule has 3 aliphatic rings. The summed E-state index contributed by atoms with van der Waals surface area (Å²) in [6, 6.07) is 14.0. The molecule has 0 saturated carbocycles. The first-order chi connectivity index (χ1) is 28.3. The molecule has 326 valence electrons. The number of amides is 3. The Morgan fingerprint density at radius 2 is 1.60 bits per heavy atom. The summed E-state index contributed by atoms with van der Waals surface area (Å²) >= 11 is 12.7. The van der Waals surface area contributed by atoms with Gasteiger partial charge >= 0.3 is 12.4 Å². The van der Waals surface area contributed by atoms with Crippen molar-refractivity contribution in [3.63, 3.8) is 0 Å². The van der Waals surface area contributed by atoms with Crippen molar-refractivity contribution in [1.29, 1.82) is 0 Å². The van der Waals surface area contributed by atoms with E-state index in [0.29, 0.717) is 63.3 Å². The predicted molar refractivity (Wildman–Crippen MR) is 214 cm³/mol. The van der Waals surface area contributed by atoms with Crippen LogP contribution in [0.15, 0.2) is 60.7 Å². The minimum atomic E-state index is -5.12. The van der Waals surface area contributed by atoms with Crippen LogP contribution < -0.4 is 5.32 Å². The van der Waals surface area contributed by atoms with Crippen LogP contribution in [0.2, 0.25) is 10.0 Å². The highest BCUT2D eigenvalue weighted by Crippen LogP contribution is 2.48. The lowest BCUT2D eigenvalue weighted by Gasteiger charge is -2.46. The number of nitrogens with one attached hydrogen (secondary N) is 1. The van der Waals surface area contributed by atoms with Gasteiger partial charge in [0, 0.05) is 51.1 Å². The number of likely N-dealkylation sites (N-methyl/N-ethyl adjacent to an activating group) is 1. The number of nitrogens with zero attached hydrogens (tertiary/aromatic N) is 3. The van der Waals surface area contributed by atoms with Crippen LogP contribution in [0.25, 0.3) is 0 Å². The normalized spacial score (nSPS) is 20.6. The van der Waals surface area contributed by atoms with Crippen molar-refractivity contribution < 1.29 is 50.2 Å². The Hall–Kier alpha value is -3.89. The molecule has 1 N–H and O–H groups in total. The second kappa shape index (κ2) is 18.6. The van der Waals surface area contributed by atoms with Gasteiger partial charge in [-0.3, -0.25) is 14.4 Å². The fourth-order valence-electron chi connectivity index (χ4n) is 8.69. The van der Waals surface area contributed by atoms with Gasteiger partial charge in [0.25, 0.3) is 5.91 Å². The summed E-state index contributed by atoms with van der Waals surface area (Å²) in [4.78, 5) is 43.2. The van der Waals surface area contributed by atoms with Crippen molar-refractivity contribution in [3.8, 4) is 0 Å². The molecule has 2 heterocycles. The van der Waals surface area contributed by atoms with Crippen LogP contribution in [0.1, 0.15) is 77.2 Å². The molecule has 2 atom stereocenters. The molecule has 0 unspecified atom stereocenters. The average Bonchev–Trinajstić information content (AvgIpc) is 3.51. The first kappa shape index (κ1) is 45.6. The number of hydrogen-bond acceptors (Lipinski definition) is 6. The van der Waals surface area contributed by atoms with E-state index in [2.05, 4.69) is 22.3 Å². The zero-order chi connectivity index (χ0) is 43.5. The van der Waals surface area contributed by atoms with Gasteiger partial charge in [-0.1, -0.05) is 53.5 Å². The van der Waals surface area contributed by atoms with Crippen LogP contribution in [0.3, 0.4) is 0 Å². The third kappa shape index (κ3) is 10.4. The summed E-state index contributed by atoms with van der Waals surface area (Å²) < 4.78 is 95.3. The van der Waals surface area contributed by atoms with Crippen molar-refractivity contribution in [2.45, 2.75) is 74.9 Å². The molecule has 3 amide bonds. The Morgan fingerprint density at radius 1 is 0.917 bits per heavy atom. The molecule has 0 radical (unpaired) electrons. The van der Waals surface area contributed by atoms with Gasteiger partial charge < -0.3 is 29.5 Å². The number of rotatable bonds is 13. The van der Waals surface area contributed by atoms with Crippen LogP contribution in [0.5, 0.6) is 0 Å². The molecule has 2 aliphatic heterocycles. The van der Waals surface area contributed by atoms with Crippen molar-refractivity contribution in [2.24, 2.45) is 0 Å². The topological polar surface area (TPSA) is 91.4 Å². The standard InChI is InChI=1S/C43H48Cl2F6N4O5/c1-28(56)52-14-5-6-15-53(2)38(57)26-59-37-23-29-7-3-4-8-34(29)40(37)11-16-54(17-12-40)18-13-41(31-9-10-35(44)36(45)25-31)27-55(19-20-60-41)39(58)30-21-32(42(46,47)48)24-33(22-30)43(49,50)51/h3-4,7-10,21-22,24-25,37H,5-6,11-20,23,26-27H2,1-2H3,(H,52,56)/t37-,41+/m0/s1. The van der Waals surface area contributed by atoms with Gasteiger partial charge in [-0.05, 0) is 98.6 Å². The molecule has 2 saturated heterocycles. The largest absolute Gasteiger partial charge is 0.416 e. The second-order valence-corrected chi connectivity index (χ2v) is 16.7. The maximum atomic E-state index is 13.8. The third-order valence-electron chi connectivity index (χ3n) is 12.0. The fraction of sp³-hybridized carbons (Fsp3) is 0.512. The first-order valence-corrected chi connectivity index (χ1v) is 20.7. The number of carbonyl (C=O) groups excluding carboxylic acids is 3. The van der Waals surface area contributed by atoms with Gasteiger partial charge in [-0.15, -0.1) is 0 Å². The maximum absolute atomic E-state index is 13.8. The maximum Gasteiger partial charge on any atom is 0.416 e. The first-order valence-electron chi connectivity index (χ1n) is 19.9. The summed E-state index contributed by atoms with van der Waals surface area (Å²) in [6.45, 7) is 3.99. The van der Waals surface area contributed by atoms with E-state index in [4.69, 9.17) is 32.7 Å². The SMILES string of the molecule is CC(=O)NCCCCN(C)C(=O)CO[C@H]1Cc2ccccc2C12CCN(CC[C@]1(c3ccc(Cl)c(Cl)c3)CN(C(=O)c3cc(C(F)(F)F)cc(C(F)(F)F)c3)CCO1)CC2. The van der Waals surface area contributed by atoms with E-state index < -0.39 is 40.6 Å². The van der Waals surface area contributed by atoms with E-state index in [-0.39, 0.29) is 65.7 Å². The number of alkyl halides is 6. The Labute approximate surface area is 355 Å². The van der Waals surface area contributed by atoms with Gasteiger partial charge in [0.1, 0.15) is 12.2 Å². The minimum Gasteiger partial charge on any atom is -0.367 e. The molecule has 1 spiro atoms. The van der Waals surface area contributed by atoms with Crippen LogP contribution >= 0.6 is 23.2 Å². The Balaban J connectivity index is 1.16. The second-order valence-electron chi connectivity index (χ2n) is 15.9. The minimum absolute atomic E-state index is 0.00269. The Bertz CT molecular complexity index is 2010. The summed E-state index contributed by atoms with van der Waals surface area (Å²) in [5.41, 5.74) is -2.51. The lowest BCUT2D eigenvalue weighted by atomic mass is 9.72. The molecule has 6 rings (SSSR count). The van der Waals surface area contributed by atoms with Gasteiger partial charge in [0.2, 0.25) is 11.8 Å². The fourth-order valence-corrected chi connectivity index (χ4v) is 8.99. The summed E-state index contributed by atoms with van der Waals surface area (Å²) in [7, 11) is 1.74. The molecule has 3 aromatic carbocycles. The van der Waals surface area contributed by atoms with Crippen LogP contribution in [-0.4, -0.2) is 105 Å². The molecule has 9 nitrogen and oxygen atoms in total. The monoisotopic (exact) mass is 884 g/mol. The van der Waals surface area contributed by atoms with Crippen molar-refractivity contribution >= 4 is 40.9 Å². The molecule has 0 aromatic heterocycles. The van der Waals surface area contributed by atoms with Crippen LogP contribution in [-0.2, 0) is 48.9 Å². The molecule has 1 aliphatic carbocycles. The summed E-state index contributed by atoms with van der Waals surface area (Å²) in [5, 5.41) is 3.24. The van der Waals surface area contributed by atoms with Crippen molar-refractivity contribution in [2.75, 3.05) is 66.1 Å². The molecule has 0 bridgehead atoms. The van der Waals surface area contributed by atoms with Crippen LogP contribution in [0, 0.1) is 0 Å². The Kier molecular flexibility index (Phi) is 14.2. The summed E-state index contributed by atoms with van der Waals surface area (Å²) in [5.74, 6) is -1.21. The highest BCUT2D eigenvalue weighted by Gasteiger charge is 2.50. The van der Waals surface area contributed by atoms with Gasteiger partial charge in [0.15, 0.2) is 0 Å². The smallest absolute Gasteiger partial charge is 0.367 e. The number of benzene rings is 3. The lowest BCUT2D eigenvalue weighted by molar-refractivity contribution is -0.143. The highest BCUT2D eigenvalue weighted by atomic mass is 35.5. The number of morpholine rings is 1. The van der Waals surface area contributed by atoms with E-state index in [9.17, 15) is 40.7 Å². The number of carbonyl (C=O) groups is 3. The molecule has 3 aromatic rings. The van der Waals surface area contributed by atoms with Crippen molar-refractivity contribution in [1.82, 2.24) is 20.0 Å². The van der Waals surface area contributed by atoms with E-state index in [1.807, 2.05) is 12.1 Å². The molecular weight excluding hydrogens is 837 g/mol. The third-order valence-corrected chi connectivity index (χ3v) is 12.8.